The number of hydrogen-bond acceptors (Lipinski definition) is 3. The van der Waals surface area contributed by atoms with Gasteiger partial charge in [0, 0.05) is 25.6 Å². The summed E-state index contributed by atoms with van der Waals surface area (Å²) in [5, 5.41) is 0. The van der Waals surface area contributed by atoms with Crippen LogP contribution in [0.15, 0.2) is 16.7 Å². The summed E-state index contributed by atoms with van der Waals surface area (Å²) in [7, 11) is 0. The Balaban J connectivity index is 2.15. The first-order valence-electron chi connectivity index (χ1n) is 7.35. The zero-order valence-corrected chi connectivity index (χ0v) is 11.7. The summed E-state index contributed by atoms with van der Waals surface area (Å²) in [6.07, 6.45) is 8.27. The number of carbonyl (C=O) groups excluding carboxylic acids is 1. The summed E-state index contributed by atoms with van der Waals surface area (Å²) in [4.78, 5) is 14.6. The van der Waals surface area contributed by atoms with Crippen molar-refractivity contribution in [1.29, 1.82) is 0 Å². The van der Waals surface area contributed by atoms with Crippen LogP contribution in [0.5, 0.6) is 0 Å². The molecule has 0 unspecified atom stereocenters. The van der Waals surface area contributed by atoms with E-state index in [2.05, 4.69) is 0 Å². The van der Waals surface area contributed by atoms with E-state index in [1.54, 1.807) is 12.3 Å². The Morgan fingerprint density at radius 2 is 2.16 bits per heavy atom. The molecule has 1 aliphatic rings. The van der Waals surface area contributed by atoms with Crippen LogP contribution in [0, 0.1) is 0 Å². The lowest BCUT2D eigenvalue weighted by molar-refractivity contribution is 0.0639. The van der Waals surface area contributed by atoms with Gasteiger partial charge in [-0.3, -0.25) is 4.79 Å². The van der Waals surface area contributed by atoms with Gasteiger partial charge in [-0.25, -0.2) is 0 Å². The van der Waals surface area contributed by atoms with Gasteiger partial charge in [-0.05, 0) is 18.9 Å². The van der Waals surface area contributed by atoms with Gasteiger partial charge in [0.25, 0.3) is 5.91 Å². The number of furan rings is 1. The molecule has 106 valence electrons. The molecule has 2 N–H and O–H groups in total. The number of rotatable bonds is 5. The summed E-state index contributed by atoms with van der Waals surface area (Å²) < 4.78 is 5.37. The van der Waals surface area contributed by atoms with Crippen LogP contribution in [0.3, 0.4) is 0 Å². The zero-order chi connectivity index (χ0) is 13.7. The van der Waals surface area contributed by atoms with Gasteiger partial charge in [-0.1, -0.05) is 26.2 Å². The van der Waals surface area contributed by atoms with Crippen molar-refractivity contribution in [1.82, 2.24) is 4.90 Å². The molecule has 0 atom stereocenters. The fourth-order valence-electron chi connectivity index (χ4n) is 2.94. The van der Waals surface area contributed by atoms with Crippen molar-refractivity contribution in [3.05, 3.63) is 23.7 Å². The van der Waals surface area contributed by atoms with Crippen LogP contribution in [0.2, 0.25) is 0 Å². The molecule has 4 heteroatoms. The van der Waals surface area contributed by atoms with Crippen molar-refractivity contribution < 1.29 is 9.21 Å². The topological polar surface area (TPSA) is 59.5 Å². The second kappa shape index (κ2) is 6.75. The molecule has 0 aliphatic heterocycles. The van der Waals surface area contributed by atoms with E-state index < -0.39 is 0 Å². The number of carbonyl (C=O) groups is 1. The Bertz CT molecular complexity index is 408. The SMILES string of the molecule is CCc1occc1C(=O)N(CCN)C1CCCCC1. The molecule has 4 nitrogen and oxygen atoms in total. The molecule has 1 fully saturated rings. The standard InChI is InChI=1S/C15H24N2O2/c1-2-14-13(8-11-19-14)15(18)17(10-9-16)12-6-4-3-5-7-12/h8,11-12H,2-7,9-10,16H2,1H3. The predicted octanol–water partition coefficient (Wildman–Crippen LogP) is 2.58. The number of nitrogens with two attached hydrogens (primary N) is 1. The van der Waals surface area contributed by atoms with E-state index in [0.717, 1.165) is 25.0 Å². The van der Waals surface area contributed by atoms with Crippen LogP contribution in [-0.4, -0.2) is 29.9 Å². The summed E-state index contributed by atoms with van der Waals surface area (Å²) in [5.41, 5.74) is 6.39. The first-order chi connectivity index (χ1) is 9.27. The van der Waals surface area contributed by atoms with Crippen molar-refractivity contribution in [2.24, 2.45) is 5.73 Å². The summed E-state index contributed by atoms with van der Waals surface area (Å²) in [6.45, 7) is 3.16. The first-order valence-corrected chi connectivity index (χ1v) is 7.35. The van der Waals surface area contributed by atoms with Crippen molar-refractivity contribution >= 4 is 5.91 Å². The van der Waals surface area contributed by atoms with Gasteiger partial charge in [0.15, 0.2) is 0 Å². The van der Waals surface area contributed by atoms with Crippen LogP contribution >= 0.6 is 0 Å². The zero-order valence-electron chi connectivity index (χ0n) is 11.7. The molecular weight excluding hydrogens is 240 g/mol. The fraction of sp³-hybridized carbons (Fsp3) is 0.667. The summed E-state index contributed by atoms with van der Waals surface area (Å²) in [5.74, 6) is 0.866. The van der Waals surface area contributed by atoms with Crippen LogP contribution in [-0.2, 0) is 6.42 Å². The Morgan fingerprint density at radius 1 is 1.42 bits per heavy atom. The van der Waals surface area contributed by atoms with Gasteiger partial charge in [0.05, 0.1) is 11.8 Å². The molecule has 0 saturated heterocycles. The van der Waals surface area contributed by atoms with E-state index in [1.165, 1.54) is 19.3 Å². The third-order valence-corrected chi connectivity index (χ3v) is 3.94. The minimum Gasteiger partial charge on any atom is -0.469 e. The molecule has 19 heavy (non-hydrogen) atoms. The molecule has 1 saturated carbocycles. The lowest BCUT2D eigenvalue weighted by atomic mass is 9.93. The van der Waals surface area contributed by atoms with Crippen molar-refractivity contribution in [2.75, 3.05) is 13.1 Å². The van der Waals surface area contributed by atoms with Gasteiger partial charge < -0.3 is 15.1 Å². The highest BCUT2D eigenvalue weighted by molar-refractivity contribution is 5.95. The molecule has 1 aromatic heterocycles. The predicted molar refractivity (Wildman–Crippen MR) is 75.0 cm³/mol. The quantitative estimate of drug-likeness (QED) is 0.889. The minimum atomic E-state index is 0.0861. The monoisotopic (exact) mass is 264 g/mol. The Morgan fingerprint density at radius 3 is 2.79 bits per heavy atom. The largest absolute Gasteiger partial charge is 0.469 e. The molecule has 0 bridgehead atoms. The number of nitrogens with zero attached hydrogens (tertiary/aromatic N) is 1. The molecule has 1 amide bonds. The highest BCUT2D eigenvalue weighted by Gasteiger charge is 2.27. The second-order valence-electron chi connectivity index (χ2n) is 5.19. The summed E-state index contributed by atoms with van der Waals surface area (Å²) >= 11 is 0. The number of aryl methyl sites for hydroxylation is 1. The third kappa shape index (κ3) is 3.18. The third-order valence-electron chi connectivity index (χ3n) is 3.94. The number of amides is 1. The number of hydrogen-bond donors (Lipinski definition) is 1. The maximum absolute atomic E-state index is 12.7. The highest BCUT2D eigenvalue weighted by Crippen LogP contribution is 2.25. The van der Waals surface area contributed by atoms with E-state index in [9.17, 15) is 4.79 Å². The highest BCUT2D eigenvalue weighted by atomic mass is 16.3. The Hall–Kier alpha value is -1.29. The Kier molecular flexibility index (Phi) is 5.02. The smallest absolute Gasteiger partial charge is 0.257 e. The van der Waals surface area contributed by atoms with E-state index in [-0.39, 0.29) is 5.91 Å². The van der Waals surface area contributed by atoms with Gasteiger partial charge in [0.2, 0.25) is 0 Å². The molecule has 0 spiro atoms. The van der Waals surface area contributed by atoms with E-state index in [1.807, 2.05) is 11.8 Å². The Labute approximate surface area is 114 Å². The fourth-order valence-corrected chi connectivity index (χ4v) is 2.94. The molecular formula is C15H24N2O2. The van der Waals surface area contributed by atoms with Crippen molar-refractivity contribution in [3.8, 4) is 0 Å². The maximum Gasteiger partial charge on any atom is 0.257 e. The summed E-state index contributed by atoms with van der Waals surface area (Å²) in [6, 6.07) is 2.14. The van der Waals surface area contributed by atoms with E-state index in [0.29, 0.717) is 24.7 Å². The molecule has 2 rings (SSSR count). The average molecular weight is 264 g/mol. The lowest BCUT2D eigenvalue weighted by Crippen LogP contribution is -2.44. The van der Waals surface area contributed by atoms with E-state index >= 15 is 0 Å². The first kappa shape index (κ1) is 14.1. The lowest BCUT2D eigenvalue weighted by Gasteiger charge is -2.34. The van der Waals surface area contributed by atoms with Crippen molar-refractivity contribution in [3.63, 3.8) is 0 Å². The van der Waals surface area contributed by atoms with Crippen LogP contribution in [0.25, 0.3) is 0 Å². The van der Waals surface area contributed by atoms with Crippen molar-refractivity contribution in [2.45, 2.75) is 51.5 Å². The molecule has 1 aromatic rings. The van der Waals surface area contributed by atoms with Gasteiger partial charge >= 0.3 is 0 Å². The van der Waals surface area contributed by atoms with Gasteiger partial charge in [-0.15, -0.1) is 0 Å². The normalized spacial score (nSPS) is 16.5. The van der Waals surface area contributed by atoms with Crippen LogP contribution < -0.4 is 5.73 Å². The molecule has 0 radical (unpaired) electrons. The maximum atomic E-state index is 12.7. The van der Waals surface area contributed by atoms with Gasteiger partial charge in [-0.2, -0.15) is 0 Å². The van der Waals surface area contributed by atoms with Gasteiger partial charge in [0.1, 0.15) is 5.76 Å². The van der Waals surface area contributed by atoms with E-state index in [4.69, 9.17) is 10.2 Å². The van der Waals surface area contributed by atoms with Crippen LogP contribution in [0.4, 0.5) is 0 Å². The molecule has 1 heterocycles. The average Bonchev–Trinajstić information content (AvgIpc) is 2.93. The minimum absolute atomic E-state index is 0.0861. The molecule has 0 aromatic carbocycles. The molecule has 1 aliphatic carbocycles. The second-order valence-corrected chi connectivity index (χ2v) is 5.19. The van der Waals surface area contributed by atoms with Crippen LogP contribution in [0.1, 0.15) is 55.1 Å².